The summed E-state index contributed by atoms with van der Waals surface area (Å²) in [5.74, 6) is 0.407. The molecular formula is C11H22N2O4S2. The molecule has 0 aromatic rings. The zero-order valence-electron chi connectivity index (χ0n) is 11.0. The molecule has 2 fully saturated rings. The third-order valence-corrected chi connectivity index (χ3v) is 7.64. The fourth-order valence-corrected chi connectivity index (χ4v) is 6.09. The average molecular weight is 310 g/mol. The average Bonchev–Trinajstić information content (AvgIpc) is 2.67. The highest BCUT2D eigenvalue weighted by molar-refractivity contribution is 7.92. The smallest absolute Gasteiger partial charge is 0.211 e. The lowest BCUT2D eigenvalue weighted by Crippen LogP contribution is -2.40. The number of nitrogens with one attached hydrogen (secondary N) is 2. The molecule has 112 valence electrons. The highest BCUT2D eigenvalue weighted by Crippen LogP contribution is 2.19. The molecule has 2 heterocycles. The Kier molecular flexibility index (Phi) is 4.86. The monoisotopic (exact) mass is 310 g/mol. The van der Waals surface area contributed by atoms with Gasteiger partial charge in [-0.2, -0.15) is 0 Å². The van der Waals surface area contributed by atoms with Crippen LogP contribution in [0.5, 0.6) is 0 Å². The molecule has 0 spiro atoms. The van der Waals surface area contributed by atoms with Gasteiger partial charge in [0, 0.05) is 6.54 Å². The molecule has 0 saturated carbocycles. The van der Waals surface area contributed by atoms with E-state index in [2.05, 4.69) is 10.0 Å². The lowest BCUT2D eigenvalue weighted by Gasteiger charge is -2.22. The normalized spacial score (nSPS) is 31.4. The van der Waals surface area contributed by atoms with Gasteiger partial charge in [-0.05, 0) is 44.7 Å². The molecule has 2 aliphatic heterocycles. The van der Waals surface area contributed by atoms with Crippen LogP contribution in [-0.4, -0.2) is 53.2 Å². The van der Waals surface area contributed by atoms with Crippen molar-refractivity contribution in [3.63, 3.8) is 0 Å². The Morgan fingerprint density at radius 3 is 2.58 bits per heavy atom. The minimum atomic E-state index is -3.37. The molecule has 0 aromatic heterocycles. The summed E-state index contributed by atoms with van der Waals surface area (Å²) in [4.78, 5) is 0. The van der Waals surface area contributed by atoms with Crippen LogP contribution in [0, 0.1) is 5.92 Å². The second-order valence-corrected chi connectivity index (χ2v) is 9.73. The molecule has 2 atom stereocenters. The summed E-state index contributed by atoms with van der Waals surface area (Å²) in [6, 6.07) is 0. The number of sulfone groups is 1. The van der Waals surface area contributed by atoms with Crippen molar-refractivity contribution in [2.75, 3.05) is 31.1 Å². The molecule has 2 saturated heterocycles. The van der Waals surface area contributed by atoms with Crippen LogP contribution in [0.2, 0.25) is 0 Å². The second kappa shape index (κ2) is 6.07. The molecule has 0 bridgehead atoms. The predicted molar refractivity (Wildman–Crippen MR) is 74.2 cm³/mol. The third-order valence-electron chi connectivity index (χ3n) is 3.85. The zero-order chi connectivity index (χ0) is 13.9. The minimum Gasteiger partial charge on any atom is -0.316 e. The molecule has 0 aromatic carbocycles. The Labute approximate surface area is 115 Å². The Balaban J connectivity index is 1.83. The maximum Gasteiger partial charge on any atom is 0.211 e. The molecule has 8 heteroatoms. The van der Waals surface area contributed by atoms with Gasteiger partial charge >= 0.3 is 0 Å². The van der Waals surface area contributed by atoms with Crippen molar-refractivity contribution in [2.24, 2.45) is 5.92 Å². The van der Waals surface area contributed by atoms with Gasteiger partial charge in [-0.25, -0.2) is 21.6 Å². The van der Waals surface area contributed by atoms with Gasteiger partial charge in [0.25, 0.3) is 0 Å². The molecule has 0 amide bonds. The van der Waals surface area contributed by atoms with Crippen LogP contribution in [0.15, 0.2) is 0 Å². The lowest BCUT2D eigenvalue weighted by atomic mass is 10.0. The molecule has 0 aliphatic carbocycles. The van der Waals surface area contributed by atoms with Gasteiger partial charge in [-0.15, -0.1) is 0 Å². The third kappa shape index (κ3) is 4.40. The van der Waals surface area contributed by atoms with Crippen molar-refractivity contribution in [1.82, 2.24) is 10.0 Å². The summed E-state index contributed by atoms with van der Waals surface area (Å²) in [6.45, 7) is 1.71. The zero-order valence-corrected chi connectivity index (χ0v) is 12.6. The maximum atomic E-state index is 11.9. The first-order valence-corrected chi connectivity index (χ1v) is 10.2. The van der Waals surface area contributed by atoms with E-state index in [1.807, 2.05) is 0 Å². The van der Waals surface area contributed by atoms with E-state index in [0.29, 0.717) is 12.8 Å². The van der Waals surface area contributed by atoms with Crippen molar-refractivity contribution in [1.29, 1.82) is 0 Å². The van der Waals surface area contributed by atoms with Crippen LogP contribution in [-0.2, 0) is 19.9 Å². The van der Waals surface area contributed by atoms with E-state index in [1.54, 1.807) is 0 Å². The standard InChI is InChI=1S/C11H22N2O4S2/c14-18(15)6-2-4-11(18)8-13-19(16,17)9-10-3-1-5-12-7-10/h10-13H,1-9H2. The SMILES string of the molecule is O=S(=O)(CC1CCCNC1)NCC1CCCS1(=O)=O. The highest BCUT2D eigenvalue weighted by Gasteiger charge is 2.32. The van der Waals surface area contributed by atoms with Crippen molar-refractivity contribution < 1.29 is 16.8 Å². The van der Waals surface area contributed by atoms with Crippen LogP contribution in [0.3, 0.4) is 0 Å². The first-order valence-electron chi connectivity index (χ1n) is 6.79. The fourth-order valence-electron chi connectivity index (χ4n) is 2.74. The summed E-state index contributed by atoms with van der Waals surface area (Å²) >= 11 is 0. The number of hydrogen-bond acceptors (Lipinski definition) is 5. The molecule has 0 radical (unpaired) electrons. The molecule has 19 heavy (non-hydrogen) atoms. The van der Waals surface area contributed by atoms with Gasteiger partial charge in [-0.3, -0.25) is 0 Å². The second-order valence-electron chi connectivity index (χ2n) is 5.47. The Morgan fingerprint density at radius 2 is 2.00 bits per heavy atom. The van der Waals surface area contributed by atoms with E-state index in [9.17, 15) is 16.8 Å². The lowest BCUT2D eigenvalue weighted by molar-refractivity contribution is 0.402. The summed E-state index contributed by atoms with van der Waals surface area (Å²) in [5, 5.41) is 2.64. The maximum absolute atomic E-state index is 11.9. The van der Waals surface area contributed by atoms with E-state index >= 15 is 0 Å². The molecule has 2 N–H and O–H groups in total. The summed E-state index contributed by atoms with van der Waals surface area (Å²) < 4.78 is 49.6. The fraction of sp³-hybridized carbons (Fsp3) is 1.00. The van der Waals surface area contributed by atoms with E-state index < -0.39 is 25.1 Å². The highest BCUT2D eigenvalue weighted by atomic mass is 32.2. The summed E-state index contributed by atoms with van der Waals surface area (Å²) in [6.07, 6.45) is 3.12. The van der Waals surface area contributed by atoms with E-state index in [0.717, 1.165) is 25.9 Å². The number of sulfonamides is 1. The largest absolute Gasteiger partial charge is 0.316 e. The van der Waals surface area contributed by atoms with Gasteiger partial charge in [0.1, 0.15) is 0 Å². The van der Waals surface area contributed by atoms with Gasteiger partial charge in [0.2, 0.25) is 10.0 Å². The van der Waals surface area contributed by atoms with Gasteiger partial charge in [-0.1, -0.05) is 0 Å². The first kappa shape index (κ1) is 15.2. The Morgan fingerprint density at radius 1 is 1.21 bits per heavy atom. The quantitative estimate of drug-likeness (QED) is 0.713. The number of rotatable bonds is 5. The Bertz CT molecular complexity index is 495. The van der Waals surface area contributed by atoms with Crippen molar-refractivity contribution >= 4 is 19.9 Å². The van der Waals surface area contributed by atoms with Crippen LogP contribution in [0.4, 0.5) is 0 Å². The van der Waals surface area contributed by atoms with E-state index in [4.69, 9.17) is 0 Å². The molecule has 2 unspecified atom stereocenters. The molecule has 6 nitrogen and oxygen atoms in total. The Hall–Kier alpha value is -0.180. The summed E-state index contributed by atoms with van der Waals surface area (Å²) in [5.41, 5.74) is 0. The van der Waals surface area contributed by atoms with Gasteiger partial charge in [0.05, 0.1) is 16.8 Å². The van der Waals surface area contributed by atoms with Crippen LogP contribution in [0.25, 0.3) is 0 Å². The van der Waals surface area contributed by atoms with Crippen molar-refractivity contribution in [3.8, 4) is 0 Å². The van der Waals surface area contributed by atoms with E-state index in [1.165, 1.54) is 0 Å². The molecule has 2 aliphatic rings. The molecular weight excluding hydrogens is 288 g/mol. The van der Waals surface area contributed by atoms with E-state index in [-0.39, 0.29) is 24.0 Å². The van der Waals surface area contributed by atoms with Crippen molar-refractivity contribution in [3.05, 3.63) is 0 Å². The number of hydrogen-bond donors (Lipinski definition) is 2. The minimum absolute atomic E-state index is 0.0326. The van der Waals surface area contributed by atoms with Gasteiger partial charge < -0.3 is 5.32 Å². The van der Waals surface area contributed by atoms with Crippen LogP contribution >= 0.6 is 0 Å². The van der Waals surface area contributed by atoms with Gasteiger partial charge in [0.15, 0.2) is 9.84 Å². The van der Waals surface area contributed by atoms with Crippen LogP contribution in [0.1, 0.15) is 25.7 Å². The predicted octanol–water partition coefficient (Wildman–Crippen LogP) is -0.517. The summed E-state index contributed by atoms with van der Waals surface area (Å²) in [7, 11) is -6.46. The topological polar surface area (TPSA) is 92.3 Å². The first-order chi connectivity index (χ1) is 8.89. The number of piperidine rings is 1. The van der Waals surface area contributed by atoms with Crippen molar-refractivity contribution in [2.45, 2.75) is 30.9 Å². The molecule has 2 rings (SSSR count). The van der Waals surface area contributed by atoms with Crippen LogP contribution < -0.4 is 10.0 Å².